The Kier molecular flexibility index (Phi) is 1.88. The maximum Gasteiger partial charge on any atom is 0.198 e. The van der Waals surface area contributed by atoms with E-state index < -0.39 is 0 Å². The van der Waals surface area contributed by atoms with E-state index in [0.717, 1.165) is 6.42 Å². The zero-order valence-corrected chi connectivity index (χ0v) is 6.33. The third kappa shape index (κ3) is 1.25. The predicted molar refractivity (Wildman–Crippen MR) is 37.5 cm³/mol. The van der Waals surface area contributed by atoms with Crippen LogP contribution >= 0.6 is 0 Å². The summed E-state index contributed by atoms with van der Waals surface area (Å²) in [6.07, 6.45) is 1.38. The smallest absolute Gasteiger partial charge is 0.198 e. The average Bonchev–Trinajstić information content (AvgIpc) is 2.64. The fourth-order valence-electron chi connectivity index (χ4n) is 1.37. The number of Topliss-reactive ketones (excluding diaryl/α,β-unsaturated/α-hetero) is 1. The first-order valence-electron chi connectivity index (χ1n) is 3.66. The van der Waals surface area contributed by atoms with Crippen LogP contribution in [0.1, 0.15) is 20.3 Å². The molecule has 0 bridgehead atoms. The summed E-state index contributed by atoms with van der Waals surface area (Å²) in [6.45, 7) is 4.17. The van der Waals surface area contributed by atoms with Crippen molar-refractivity contribution in [3.63, 3.8) is 0 Å². The molecule has 10 heavy (non-hydrogen) atoms. The van der Waals surface area contributed by atoms with Gasteiger partial charge in [-0.3, -0.25) is 9.59 Å². The van der Waals surface area contributed by atoms with Crippen molar-refractivity contribution < 1.29 is 9.59 Å². The maximum absolute atomic E-state index is 10.7. The van der Waals surface area contributed by atoms with Gasteiger partial charge in [0.1, 0.15) is 0 Å². The largest absolute Gasteiger partial charge is 0.295 e. The van der Waals surface area contributed by atoms with Gasteiger partial charge in [-0.05, 0) is 18.3 Å². The van der Waals surface area contributed by atoms with E-state index in [1.54, 1.807) is 0 Å². The van der Waals surface area contributed by atoms with E-state index in [9.17, 15) is 9.59 Å². The van der Waals surface area contributed by atoms with Crippen LogP contribution in [0.15, 0.2) is 0 Å². The van der Waals surface area contributed by atoms with Crippen molar-refractivity contribution in [2.75, 3.05) is 0 Å². The van der Waals surface area contributed by atoms with Crippen molar-refractivity contribution in [3.8, 4) is 0 Å². The van der Waals surface area contributed by atoms with E-state index in [1.807, 2.05) is 0 Å². The van der Waals surface area contributed by atoms with Gasteiger partial charge in [-0.1, -0.05) is 13.8 Å². The van der Waals surface area contributed by atoms with Gasteiger partial charge in [0.2, 0.25) is 0 Å². The highest BCUT2D eigenvalue weighted by Gasteiger charge is 2.43. The highest BCUT2D eigenvalue weighted by atomic mass is 16.2. The second kappa shape index (κ2) is 2.52. The Labute approximate surface area is 60.6 Å². The van der Waals surface area contributed by atoms with Crippen molar-refractivity contribution >= 4 is 12.1 Å². The molecule has 1 rings (SSSR count). The summed E-state index contributed by atoms with van der Waals surface area (Å²) in [7, 11) is 0. The Balaban J connectivity index is 2.38. The number of hydrogen-bond donors (Lipinski definition) is 0. The Bertz CT molecular complexity index is 161. The minimum atomic E-state index is -0.210. The second-order valence-corrected chi connectivity index (χ2v) is 3.27. The number of hydrogen-bond acceptors (Lipinski definition) is 2. The van der Waals surface area contributed by atoms with Gasteiger partial charge in [-0.2, -0.15) is 0 Å². The lowest BCUT2D eigenvalue weighted by Gasteiger charge is -1.98. The molecule has 1 saturated carbocycles. The summed E-state index contributed by atoms with van der Waals surface area (Å²) in [6, 6.07) is 0. The fraction of sp³-hybridized carbons (Fsp3) is 0.750. The van der Waals surface area contributed by atoms with E-state index in [4.69, 9.17) is 0 Å². The van der Waals surface area contributed by atoms with E-state index in [-0.39, 0.29) is 11.7 Å². The summed E-state index contributed by atoms with van der Waals surface area (Å²) in [5.41, 5.74) is 0. The molecule has 2 atom stereocenters. The summed E-state index contributed by atoms with van der Waals surface area (Å²) in [5, 5.41) is 0. The molecule has 1 aliphatic rings. The summed E-state index contributed by atoms with van der Waals surface area (Å²) < 4.78 is 0. The standard InChI is InChI=1S/C8H12O2/c1-5(2)6-3-7(6)8(10)4-9/h4-7H,3H2,1-2H3/t6-,7-/m1/s1. The summed E-state index contributed by atoms with van der Waals surface area (Å²) in [4.78, 5) is 20.7. The first kappa shape index (κ1) is 7.45. The topological polar surface area (TPSA) is 34.1 Å². The van der Waals surface area contributed by atoms with E-state index in [2.05, 4.69) is 13.8 Å². The third-order valence-electron chi connectivity index (χ3n) is 2.18. The molecule has 0 aromatic carbocycles. The van der Waals surface area contributed by atoms with Gasteiger partial charge < -0.3 is 0 Å². The van der Waals surface area contributed by atoms with Crippen molar-refractivity contribution in [1.82, 2.24) is 0 Å². The van der Waals surface area contributed by atoms with Crippen LogP contribution in [0.3, 0.4) is 0 Å². The summed E-state index contributed by atoms with van der Waals surface area (Å²) in [5.74, 6) is 0.891. The van der Waals surface area contributed by atoms with Gasteiger partial charge in [0, 0.05) is 5.92 Å². The summed E-state index contributed by atoms with van der Waals surface area (Å²) >= 11 is 0. The zero-order chi connectivity index (χ0) is 7.72. The van der Waals surface area contributed by atoms with Gasteiger partial charge in [-0.25, -0.2) is 0 Å². The first-order valence-corrected chi connectivity index (χ1v) is 3.66. The molecule has 1 fully saturated rings. The lowest BCUT2D eigenvalue weighted by molar-refractivity contribution is -0.131. The van der Waals surface area contributed by atoms with Crippen LogP contribution in [0.25, 0.3) is 0 Å². The van der Waals surface area contributed by atoms with Gasteiger partial charge >= 0.3 is 0 Å². The number of carbonyl (C=O) groups excluding carboxylic acids is 2. The molecular formula is C8H12O2. The minimum absolute atomic E-state index is 0.0671. The molecule has 0 aliphatic heterocycles. The van der Waals surface area contributed by atoms with Crippen molar-refractivity contribution in [2.24, 2.45) is 17.8 Å². The van der Waals surface area contributed by atoms with Crippen LogP contribution in [0.2, 0.25) is 0 Å². The minimum Gasteiger partial charge on any atom is -0.295 e. The molecule has 1 aliphatic carbocycles. The van der Waals surface area contributed by atoms with Crippen molar-refractivity contribution in [2.45, 2.75) is 20.3 Å². The fourth-order valence-corrected chi connectivity index (χ4v) is 1.37. The molecule has 0 heterocycles. The highest BCUT2D eigenvalue weighted by Crippen LogP contribution is 2.44. The molecular weight excluding hydrogens is 128 g/mol. The maximum atomic E-state index is 10.7. The molecule has 0 spiro atoms. The van der Waals surface area contributed by atoms with Crippen LogP contribution in [0, 0.1) is 17.8 Å². The Morgan fingerprint density at radius 3 is 2.50 bits per heavy atom. The van der Waals surface area contributed by atoms with Crippen molar-refractivity contribution in [1.29, 1.82) is 0 Å². The zero-order valence-electron chi connectivity index (χ0n) is 6.33. The Morgan fingerprint density at radius 1 is 1.60 bits per heavy atom. The molecule has 2 nitrogen and oxygen atoms in total. The third-order valence-corrected chi connectivity index (χ3v) is 2.18. The lowest BCUT2D eigenvalue weighted by atomic mass is 10.1. The predicted octanol–water partition coefficient (Wildman–Crippen LogP) is 1.05. The van der Waals surface area contributed by atoms with Crippen LogP contribution in [0.4, 0.5) is 0 Å². The number of ketones is 1. The van der Waals surface area contributed by atoms with Crippen LogP contribution in [0.5, 0.6) is 0 Å². The Morgan fingerprint density at radius 2 is 2.20 bits per heavy atom. The van der Waals surface area contributed by atoms with Crippen LogP contribution in [-0.4, -0.2) is 12.1 Å². The SMILES string of the molecule is CC(C)[C@H]1C[C@H]1C(=O)C=O. The second-order valence-electron chi connectivity index (χ2n) is 3.27. The molecule has 0 amide bonds. The molecule has 0 aromatic rings. The Hall–Kier alpha value is -0.660. The van der Waals surface area contributed by atoms with E-state index in [0.29, 0.717) is 18.1 Å². The van der Waals surface area contributed by atoms with Gasteiger partial charge in [-0.15, -0.1) is 0 Å². The lowest BCUT2D eigenvalue weighted by Crippen LogP contribution is -2.05. The molecule has 0 radical (unpaired) electrons. The monoisotopic (exact) mass is 140 g/mol. The van der Waals surface area contributed by atoms with Crippen molar-refractivity contribution in [3.05, 3.63) is 0 Å². The number of aldehydes is 1. The average molecular weight is 140 g/mol. The van der Waals surface area contributed by atoms with Crippen LogP contribution in [-0.2, 0) is 9.59 Å². The molecule has 2 heteroatoms. The number of rotatable bonds is 3. The highest BCUT2D eigenvalue weighted by molar-refractivity contribution is 6.26. The first-order chi connectivity index (χ1) is 4.66. The van der Waals surface area contributed by atoms with Gasteiger partial charge in [0.25, 0.3) is 0 Å². The molecule has 0 N–H and O–H groups in total. The van der Waals surface area contributed by atoms with Gasteiger partial charge in [0.05, 0.1) is 0 Å². The number of carbonyl (C=O) groups is 2. The quantitative estimate of drug-likeness (QED) is 0.433. The molecule has 0 unspecified atom stereocenters. The van der Waals surface area contributed by atoms with Crippen LogP contribution < -0.4 is 0 Å². The molecule has 56 valence electrons. The molecule has 0 aromatic heterocycles. The van der Waals surface area contributed by atoms with Gasteiger partial charge in [0.15, 0.2) is 12.1 Å². The van der Waals surface area contributed by atoms with E-state index in [1.165, 1.54) is 0 Å². The normalized spacial score (nSPS) is 30.3. The van der Waals surface area contributed by atoms with E-state index >= 15 is 0 Å². The molecule has 0 saturated heterocycles.